The molecule has 2 aliphatic heterocycles. The first-order chi connectivity index (χ1) is 18.7. The summed E-state index contributed by atoms with van der Waals surface area (Å²) in [5, 5.41) is 16.0. The maximum atomic E-state index is 13.9. The van der Waals surface area contributed by atoms with Crippen LogP contribution in [0.25, 0.3) is 10.8 Å². The topological polar surface area (TPSA) is 59.8 Å². The minimum absolute atomic E-state index is 0.0660. The lowest BCUT2D eigenvalue weighted by molar-refractivity contribution is 0.0601. The first-order valence-corrected chi connectivity index (χ1v) is 14.0. The number of anilines is 1. The Kier molecular flexibility index (Phi) is 6.65. The number of carbonyl (C=O) groups excluding carboxylic acids is 1. The van der Waals surface area contributed by atoms with E-state index in [4.69, 9.17) is 4.74 Å². The van der Waals surface area contributed by atoms with Crippen LogP contribution in [0.4, 0.5) is 10.5 Å². The monoisotopic (exact) mass is 522 g/mol. The van der Waals surface area contributed by atoms with Crippen LogP contribution in [0, 0.1) is 11.3 Å². The van der Waals surface area contributed by atoms with Crippen molar-refractivity contribution in [3.8, 4) is 11.8 Å². The van der Waals surface area contributed by atoms with Crippen LogP contribution in [0.3, 0.4) is 0 Å². The molecule has 6 rings (SSSR count). The van der Waals surface area contributed by atoms with Gasteiger partial charge in [-0.1, -0.05) is 42.5 Å². The van der Waals surface area contributed by atoms with Gasteiger partial charge in [-0.3, -0.25) is 0 Å². The van der Waals surface area contributed by atoms with Gasteiger partial charge in [0.2, 0.25) is 0 Å². The van der Waals surface area contributed by atoms with Gasteiger partial charge in [-0.2, -0.15) is 16.6 Å². The van der Waals surface area contributed by atoms with Crippen LogP contribution >= 0.6 is 11.3 Å². The number of rotatable bonds is 6. The summed E-state index contributed by atoms with van der Waals surface area (Å²) in [6, 6.07) is 25.4. The molecule has 4 aromatic rings. The number of amides is 2. The average Bonchev–Trinajstić information content (AvgIpc) is 3.47. The summed E-state index contributed by atoms with van der Waals surface area (Å²) in [7, 11) is 1.68. The molecule has 6 nitrogen and oxygen atoms in total. The average molecular weight is 523 g/mol. The number of thiophene rings is 1. The predicted octanol–water partition coefficient (Wildman–Crippen LogP) is 6.23. The van der Waals surface area contributed by atoms with Gasteiger partial charge >= 0.3 is 6.03 Å². The van der Waals surface area contributed by atoms with Crippen LogP contribution in [0.5, 0.6) is 5.75 Å². The van der Waals surface area contributed by atoms with E-state index < -0.39 is 0 Å². The molecule has 0 bridgehead atoms. The Morgan fingerprint density at radius 1 is 1.13 bits per heavy atom. The molecule has 2 unspecified atom stereocenters. The van der Waals surface area contributed by atoms with Crippen molar-refractivity contribution in [1.82, 2.24) is 9.80 Å². The number of hydrogen-bond donors (Lipinski definition) is 0. The van der Waals surface area contributed by atoms with Crippen LogP contribution in [0.15, 0.2) is 77.5 Å². The van der Waals surface area contributed by atoms with Crippen molar-refractivity contribution in [3.63, 3.8) is 0 Å². The Morgan fingerprint density at radius 2 is 2.00 bits per heavy atom. The lowest BCUT2D eigenvalue weighted by atomic mass is 9.88. The number of fused-ring (bicyclic) bond motifs is 2. The number of carbonyl (C=O) groups is 1. The minimum Gasteiger partial charge on any atom is -0.497 e. The van der Waals surface area contributed by atoms with Gasteiger partial charge in [-0.05, 0) is 63.5 Å². The molecule has 2 atom stereocenters. The smallest absolute Gasteiger partial charge is 0.320 e. The lowest BCUT2D eigenvalue weighted by Crippen LogP contribution is -2.65. The molecule has 3 aromatic carbocycles. The Balaban J connectivity index is 1.30. The van der Waals surface area contributed by atoms with Crippen molar-refractivity contribution in [2.45, 2.75) is 31.5 Å². The largest absolute Gasteiger partial charge is 0.497 e. The fourth-order valence-electron chi connectivity index (χ4n) is 5.89. The van der Waals surface area contributed by atoms with Gasteiger partial charge in [0.25, 0.3) is 0 Å². The van der Waals surface area contributed by atoms with Crippen molar-refractivity contribution in [1.29, 1.82) is 5.26 Å². The summed E-state index contributed by atoms with van der Waals surface area (Å²) < 4.78 is 5.39. The number of ether oxygens (including phenoxy) is 1. The van der Waals surface area contributed by atoms with E-state index in [2.05, 4.69) is 82.4 Å². The van der Waals surface area contributed by atoms with Gasteiger partial charge < -0.3 is 19.4 Å². The quantitative estimate of drug-likeness (QED) is 0.301. The molecular weight excluding hydrogens is 492 g/mol. The first kappa shape index (κ1) is 24.3. The molecule has 2 amide bonds. The van der Waals surface area contributed by atoms with E-state index in [1.807, 2.05) is 15.9 Å². The van der Waals surface area contributed by atoms with E-state index >= 15 is 0 Å². The van der Waals surface area contributed by atoms with E-state index in [1.165, 1.54) is 21.9 Å². The highest BCUT2D eigenvalue weighted by Crippen LogP contribution is 2.42. The number of nitrogens with zero attached hydrogens (tertiary/aromatic N) is 4. The van der Waals surface area contributed by atoms with Gasteiger partial charge in [-0.15, -0.1) is 0 Å². The maximum Gasteiger partial charge on any atom is 0.320 e. The lowest BCUT2D eigenvalue weighted by Gasteiger charge is -2.54. The van der Waals surface area contributed by atoms with Crippen LogP contribution in [-0.4, -0.2) is 48.6 Å². The van der Waals surface area contributed by atoms with Crippen LogP contribution < -0.4 is 9.64 Å². The number of nitriles is 1. The number of hydrogen-bond acceptors (Lipinski definition) is 5. The number of methoxy groups -OCH3 is 1. The van der Waals surface area contributed by atoms with E-state index in [1.54, 1.807) is 18.4 Å². The van der Waals surface area contributed by atoms with Gasteiger partial charge in [0.1, 0.15) is 5.75 Å². The van der Waals surface area contributed by atoms with Crippen molar-refractivity contribution >= 4 is 33.8 Å². The minimum atomic E-state index is -0.0660. The van der Waals surface area contributed by atoms with Gasteiger partial charge in [-0.25, -0.2) is 4.79 Å². The van der Waals surface area contributed by atoms with Crippen molar-refractivity contribution < 1.29 is 9.53 Å². The van der Waals surface area contributed by atoms with Crippen molar-refractivity contribution in [2.24, 2.45) is 0 Å². The summed E-state index contributed by atoms with van der Waals surface area (Å²) in [5.41, 5.74) is 4.71. The molecule has 192 valence electrons. The molecule has 0 spiro atoms. The van der Waals surface area contributed by atoms with E-state index in [0.29, 0.717) is 32.6 Å². The van der Waals surface area contributed by atoms with Crippen molar-refractivity contribution in [3.05, 3.63) is 94.2 Å². The SMILES string of the molecule is COc1ccc2c(c1)CCN(C(=O)N1CC(N(CCC#N)c3cccc4ccccc34)C1c1ccsc1)C2. The Bertz CT molecular complexity index is 1490. The molecule has 0 saturated carbocycles. The van der Waals surface area contributed by atoms with E-state index in [0.717, 1.165) is 23.4 Å². The molecule has 7 heteroatoms. The highest BCUT2D eigenvalue weighted by atomic mass is 32.1. The normalized spacial score (nSPS) is 18.4. The summed E-state index contributed by atoms with van der Waals surface area (Å²) in [4.78, 5) is 20.3. The summed E-state index contributed by atoms with van der Waals surface area (Å²) in [5.74, 6) is 0.859. The predicted molar refractivity (Wildman–Crippen MR) is 152 cm³/mol. The molecule has 3 heterocycles. The second-order valence-electron chi connectivity index (χ2n) is 9.91. The molecule has 1 saturated heterocycles. The van der Waals surface area contributed by atoms with Crippen LogP contribution in [0.1, 0.15) is 29.2 Å². The molecule has 2 aliphatic rings. The van der Waals surface area contributed by atoms with E-state index in [9.17, 15) is 10.1 Å². The molecule has 0 radical (unpaired) electrons. The zero-order valence-electron chi connectivity index (χ0n) is 21.4. The van der Waals surface area contributed by atoms with Gasteiger partial charge in [0.05, 0.1) is 31.7 Å². The summed E-state index contributed by atoms with van der Waals surface area (Å²) >= 11 is 1.66. The molecule has 0 N–H and O–H groups in total. The third kappa shape index (κ3) is 4.35. The molecule has 38 heavy (non-hydrogen) atoms. The Labute approximate surface area is 227 Å². The summed E-state index contributed by atoms with van der Waals surface area (Å²) in [6.07, 6.45) is 1.25. The van der Waals surface area contributed by atoms with E-state index in [-0.39, 0.29) is 18.1 Å². The number of urea groups is 1. The molecule has 1 aromatic heterocycles. The zero-order chi connectivity index (χ0) is 26.1. The second-order valence-corrected chi connectivity index (χ2v) is 10.7. The Morgan fingerprint density at radius 3 is 2.82 bits per heavy atom. The van der Waals surface area contributed by atoms with Crippen LogP contribution in [-0.2, 0) is 13.0 Å². The molecular formula is C31H30N4O2S. The standard InChI is InChI=1S/C31H30N4O2S/c1-37-26-11-10-24-19-33(16-12-23(24)18-26)31(36)35-20-29(30(35)25-13-17-38-21-25)34(15-5-14-32)28-9-4-7-22-6-2-3-8-27(22)28/h2-4,6-11,13,17-18,21,29-30H,5,12,15-16,19-20H2,1H3. The Hall–Kier alpha value is -4.02. The highest BCUT2D eigenvalue weighted by Gasteiger charge is 2.47. The molecule has 0 aliphatic carbocycles. The fraction of sp³-hybridized carbons (Fsp3) is 0.290. The van der Waals surface area contributed by atoms with Crippen LogP contribution in [0.2, 0.25) is 0 Å². The van der Waals surface area contributed by atoms with Gasteiger partial charge in [0, 0.05) is 37.3 Å². The fourth-order valence-corrected chi connectivity index (χ4v) is 6.58. The van der Waals surface area contributed by atoms with Crippen molar-refractivity contribution in [2.75, 3.05) is 31.6 Å². The first-order valence-electron chi connectivity index (χ1n) is 13.0. The van der Waals surface area contributed by atoms with Gasteiger partial charge in [0.15, 0.2) is 0 Å². The maximum absolute atomic E-state index is 13.9. The summed E-state index contributed by atoms with van der Waals surface area (Å²) in [6.45, 7) is 2.55. The third-order valence-electron chi connectivity index (χ3n) is 7.85. The number of likely N-dealkylation sites (tertiary alicyclic amines) is 1. The number of benzene rings is 3. The molecule has 1 fully saturated rings. The zero-order valence-corrected chi connectivity index (χ0v) is 22.2. The second kappa shape index (κ2) is 10.4. The third-order valence-corrected chi connectivity index (χ3v) is 8.55. The highest BCUT2D eigenvalue weighted by molar-refractivity contribution is 7.08.